The number of allylic oxidation sites excluding steroid dienone is 3. The van der Waals surface area contributed by atoms with Crippen LogP contribution in [0.1, 0.15) is 45.4 Å². The molecule has 92 valence electrons. The fourth-order valence-corrected chi connectivity index (χ4v) is 1.29. The van der Waals surface area contributed by atoms with Gasteiger partial charge in [-0.2, -0.15) is 0 Å². The van der Waals surface area contributed by atoms with E-state index in [-0.39, 0.29) is 5.76 Å². The van der Waals surface area contributed by atoms with E-state index in [0.717, 1.165) is 12.8 Å². The maximum atomic E-state index is 10.8. The van der Waals surface area contributed by atoms with Crippen LogP contribution in [0, 0.1) is 0 Å². The fourth-order valence-electron chi connectivity index (χ4n) is 1.29. The van der Waals surface area contributed by atoms with E-state index >= 15 is 0 Å². The zero-order valence-corrected chi connectivity index (χ0v) is 10.2. The third-order valence-corrected chi connectivity index (χ3v) is 2.26. The van der Waals surface area contributed by atoms with Gasteiger partial charge in [0.1, 0.15) is 0 Å². The van der Waals surface area contributed by atoms with Crippen molar-refractivity contribution in [3.63, 3.8) is 0 Å². The van der Waals surface area contributed by atoms with Gasteiger partial charge in [0, 0.05) is 0 Å². The van der Waals surface area contributed by atoms with Gasteiger partial charge in [-0.1, -0.05) is 44.8 Å². The number of hydrogen-bond acceptors (Lipinski definition) is 3. The van der Waals surface area contributed by atoms with Crippen LogP contribution in [0.25, 0.3) is 0 Å². The zero-order chi connectivity index (χ0) is 12.2. The second kappa shape index (κ2) is 10.3. The van der Waals surface area contributed by atoms with Crippen LogP contribution >= 0.6 is 0 Å². The highest BCUT2D eigenvalue weighted by Crippen LogP contribution is 2.05. The van der Waals surface area contributed by atoms with Crippen LogP contribution < -0.4 is 0 Å². The van der Waals surface area contributed by atoms with Crippen molar-refractivity contribution in [2.75, 3.05) is 7.11 Å². The lowest BCUT2D eigenvalue weighted by atomic mass is 10.1. The van der Waals surface area contributed by atoms with E-state index in [0.29, 0.717) is 0 Å². The van der Waals surface area contributed by atoms with Crippen LogP contribution in [-0.2, 0) is 9.53 Å². The molecule has 0 atom stereocenters. The minimum absolute atomic E-state index is 0.357. The van der Waals surface area contributed by atoms with Gasteiger partial charge in [-0.3, -0.25) is 0 Å². The standard InChI is InChI=1S/C13H22O3/c1-3-4-5-6-7-8-9-10-11-12(14)13(15)16-2/h9-11,14H,3-8H2,1-2H3. The molecule has 0 aliphatic heterocycles. The Balaban J connectivity index is 3.57. The lowest BCUT2D eigenvalue weighted by molar-refractivity contribution is -0.139. The molecule has 0 aromatic heterocycles. The molecule has 0 radical (unpaired) electrons. The number of aliphatic hydroxyl groups is 1. The smallest absolute Gasteiger partial charge is 0.373 e. The molecule has 0 saturated carbocycles. The molecule has 3 heteroatoms. The predicted octanol–water partition coefficient (Wildman–Crippen LogP) is 3.52. The number of ether oxygens (including phenoxy) is 1. The van der Waals surface area contributed by atoms with Crippen molar-refractivity contribution in [1.82, 2.24) is 0 Å². The van der Waals surface area contributed by atoms with Crippen LogP contribution in [0.4, 0.5) is 0 Å². The number of rotatable bonds is 8. The molecule has 0 aromatic carbocycles. The molecule has 1 N–H and O–H groups in total. The van der Waals surface area contributed by atoms with Gasteiger partial charge in [0.25, 0.3) is 0 Å². The highest BCUT2D eigenvalue weighted by atomic mass is 16.5. The third kappa shape index (κ3) is 8.09. The summed E-state index contributed by atoms with van der Waals surface area (Å²) in [5, 5.41) is 9.13. The first-order chi connectivity index (χ1) is 7.72. The minimum atomic E-state index is -0.701. The van der Waals surface area contributed by atoms with E-state index in [4.69, 9.17) is 5.11 Å². The molecule has 0 fully saturated rings. The maximum Gasteiger partial charge on any atom is 0.373 e. The fraction of sp³-hybridized carbons (Fsp3) is 0.615. The Morgan fingerprint density at radius 2 is 1.94 bits per heavy atom. The first-order valence-corrected chi connectivity index (χ1v) is 5.86. The first kappa shape index (κ1) is 14.8. The molecule has 0 unspecified atom stereocenters. The molecular weight excluding hydrogens is 204 g/mol. The third-order valence-electron chi connectivity index (χ3n) is 2.26. The predicted molar refractivity (Wildman–Crippen MR) is 65.2 cm³/mol. The van der Waals surface area contributed by atoms with Crippen molar-refractivity contribution >= 4 is 5.97 Å². The van der Waals surface area contributed by atoms with E-state index < -0.39 is 5.97 Å². The Labute approximate surface area is 97.8 Å². The average molecular weight is 226 g/mol. The number of hydrogen-bond donors (Lipinski definition) is 1. The summed E-state index contributed by atoms with van der Waals surface area (Å²) in [6.45, 7) is 2.19. The zero-order valence-electron chi connectivity index (χ0n) is 10.2. The van der Waals surface area contributed by atoms with Gasteiger partial charge in [0.05, 0.1) is 7.11 Å². The molecule has 0 aliphatic carbocycles. The summed E-state index contributed by atoms with van der Waals surface area (Å²) in [6, 6.07) is 0. The van der Waals surface area contributed by atoms with Gasteiger partial charge < -0.3 is 9.84 Å². The molecule has 0 heterocycles. The normalized spacial score (nSPS) is 12.0. The van der Waals surface area contributed by atoms with E-state index in [2.05, 4.69) is 11.7 Å². The van der Waals surface area contributed by atoms with Crippen LogP contribution in [-0.4, -0.2) is 18.2 Å². The highest BCUT2D eigenvalue weighted by molar-refractivity contribution is 5.85. The van der Waals surface area contributed by atoms with Crippen LogP contribution in [0.5, 0.6) is 0 Å². The number of esters is 1. The monoisotopic (exact) mass is 226 g/mol. The first-order valence-electron chi connectivity index (χ1n) is 5.86. The topological polar surface area (TPSA) is 46.5 Å². The highest BCUT2D eigenvalue weighted by Gasteiger charge is 2.03. The van der Waals surface area contributed by atoms with Crippen LogP contribution in [0.2, 0.25) is 0 Å². The van der Waals surface area contributed by atoms with Crippen molar-refractivity contribution < 1.29 is 14.6 Å². The second-order valence-corrected chi connectivity index (χ2v) is 3.67. The molecule has 16 heavy (non-hydrogen) atoms. The number of carbonyl (C=O) groups is 1. The Bertz CT molecular complexity index is 242. The van der Waals surface area contributed by atoms with E-state index in [1.54, 1.807) is 6.08 Å². The minimum Gasteiger partial charge on any atom is -0.502 e. The summed E-state index contributed by atoms with van der Waals surface area (Å²) in [5.74, 6) is -1.06. The molecule has 0 bridgehead atoms. The van der Waals surface area contributed by atoms with Gasteiger partial charge in [-0.25, -0.2) is 4.79 Å². The summed E-state index contributed by atoms with van der Waals surface area (Å²) in [7, 11) is 1.24. The molecule has 0 spiro atoms. The lowest BCUT2D eigenvalue weighted by Gasteiger charge is -1.96. The van der Waals surface area contributed by atoms with Crippen molar-refractivity contribution in [2.24, 2.45) is 0 Å². The molecule has 3 nitrogen and oxygen atoms in total. The van der Waals surface area contributed by atoms with Crippen molar-refractivity contribution in [3.05, 3.63) is 24.0 Å². The van der Waals surface area contributed by atoms with Gasteiger partial charge in [-0.05, 0) is 18.9 Å². The van der Waals surface area contributed by atoms with Crippen LogP contribution in [0.15, 0.2) is 24.0 Å². The summed E-state index contributed by atoms with van der Waals surface area (Å²) < 4.78 is 4.34. The summed E-state index contributed by atoms with van der Waals surface area (Å²) >= 11 is 0. The van der Waals surface area contributed by atoms with E-state index in [1.807, 2.05) is 6.08 Å². The average Bonchev–Trinajstić information content (AvgIpc) is 2.31. The molecule has 0 amide bonds. The van der Waals surface area contributed by atoms with Crippen molar-refractivity contribution in [1.29, 1.82) is 0 Å². The number of aliphatic hydroxyl groups excluding tert-OH is 1. The molecular formula is C13H22O3. The quantitative estimate of drug-likeness (QED) is 0.226. The van der Waals surface area contributed by atoms with Gasteiger partial charge >= 0.3 is 5.97 Å². The number of carbonyl (C=O) groups excluding carboxylic acids is 1. The summed E-state index contributed by atoms with van der Waals surface area (Å²) in [6.07, 6.45) is 12.2. The van der Waals surface area contributed by atoms with Gasteiger partial charge in [0.15, 0.2) is 0 Å². The molecule has 0 saturated heterocycles. The van der Waals surface area contributed by atoms with Crippen molar-refractivity contribution in [3.8, 4) is 0 Å². The Morgan fingerprint density at radius 1 is 1.25 bits per heavy atom. The largest absolute Gasteiger partial charge is 0.502 e. The number of methoxy groups -OCH3 is 1. The Kier molecular flexibility index (Phi) is 9.47. The maximum absolute atomic E-state index is 10.8. The Morgan fingerprint density at radius 3 is 2.56 bits per heavy atom. The second-order valence-electron chi connectivity index (χ2n) is 3.67. The molecule has 0 rings (SSSR count). The van der Waals surface area contributed by atoms with E-state index in [9.17, 15) is 4.79 Å². The Hall–Kier alpha value is -1.25. The van der Waals surface area contributed by atoms with Gasteiger partial charge in [0.2, 0.25) is 5.76 Å². The van der Waals surface area contributed by atoms with Gasteiger partial charge in [-0.15, -0.1) is 0 Å². The summed E-state index contributed by atoms with van der Waals surface area (Å²) in [4.78, 5) is 10.8. The van der Waals surface area contributed by atoms with E-state index in [1.165, 1.54) is 38.9 Å². The van der Waals surface area contributed by atoms with Crippen molar-refractivity contribution in [2.45, 2.75) is 45.4 Å². The molecule has 0 aromatic rings. The van der Waals surface area contributed by atoms with Crippen LogP contribution in [0.3, 0.4) is 0 Å². The number of unbranched alkanes of at least 4 members (excludes halogenated alkanes) is 5. The SMILES string of the molecule is CCCCCCCC=CC=C(O)C(=O)OC. The molecule has 0 aliphatic rings. The lowest BCUT2D eigenvalue weighted by Crippen LogP contribution is -2.02. The summed E-state index contributed by atoms with van der Waals surface area (Å²) in [5.41, 5.74) is 0.